The predicted molar refractivity (Wildman–Crippen MR) is 119 cm³/mol. The molecule has 5 nitrogen and oxygen atoms in total. The zero-order chi connectivity index (χ0) is 22.9. The second kappa shape index (κ2) is 8.11. The van der Waals surface area contributed by atoms with E-state index in [9.17, 15) is 18.0 Å². The van der Waals surface area contributed by atoms with Crippen molar-refractivity contribution in [2.75, 3.05) is 22.1 Å². The summed E-state index contributed by atoms with van der Waals surface area (Å²) in [6, 6.07) is 20.1. The first-order valence-corrected chi connectivity index (χ1v) is 10.0. The third kappa shape index (κ3) is 4.64. The van der Waals surface area contributed by atoms with Crippen LogP contribution < -0.4 is 20.3 Å². The number of benzene rings is 3. The van der Waals surface area contributed by atoms with Crippen LogP contribution in [0.5, 0.6) is 5.75 Å². The number of nitrogens with zero attached hydrogens (tertiary/aromatic N) is 1. The number of hydrogen-bond donors (Lipinski definition) is 2. The number of nitrogens with one attached hydrogen (secondary N) is 2. The van der Waals surface area contributed by atoms with Crippen molar-refractivity contribution >= 4 is 28.8 Å². The summed E-state index contributed by atoms with van der Waals surface area (Å²) in [5.74, 6) is -0.357. The van der Waals surface area contributed by atoms with E-state index in [0.717, 1.165) is 30.1 Å². The van der Waals surface area contributed by atoms with Crippen molar-refractivity contribution in [2.24, 2.45) is 0 Å². The summed E-state index contributed by atoms with van der Waals surface area (Å²) in [4.78, 5) is 14.8. The summed E-state index contributed by atoms with van der Waals surface area (Å²) in [6.45, 7) is 5.12. The quantitative estimate of drug-likeness (QED) is 0.476. The third-order valence-electron chi connectivity index (χ3n) is 5.27. The molecule has 2 N–H and O–H groups in total. The fourth-order valence-corrected chi connectivity index (χ4v) is 3.90. The highest BCUT2D eigenvalue weighted by atomic mass is 19.4. The van der Waals surface area contributed by atoms with E-state index in [-0.39, 0.29) is 11.2 Å². The Morgan fingerprint density at radius 2 is 1.53 bits per heavy atom. The number of carbonyl (C=O) groups excluding carboxylic acids is 1. The minimum atomic E-state index is -4.77. The lowest BCUT2D eigenvalue weighted by Crippen LogP contribution is -2.26. The number of rotatable bonds is 4. The van der Waals surface area contributed by atoms with Gasteiger partial charge in [-0.15, -0.1) is 13.2 Å². The molecule has 3 aromatic carbocycles. The van der Waals surface area contributed by atoms with Crippen LogP contribution in [0.15, 0.2) is 72.8 Å². The van der Waals surface area contributed by atoms with Gasteiger partial charge in [0.15, 0.2) is 0 Å². The normalized spacial score (nSPS) is 14.6. The molecule has 0 aromatic heterocycles. The van der Waals surface area contributed by atoms with Gasteiger partial charge in [0, 0.05) is 23.3 Å². The van der Waals surface area contributed by atoms with E-state index in [1.807, 2.05) is 36.4 Å². The molecular formula is C24H22F3N3O2. The summed E-state index contributed by atoms with van der Waals surface area (Å²) in [7, 11) is 0. The Hall–Kier alpha value is -3.68. The van der Waals surface area contributed by atoms with Crippen molar-refractivity contribution < 1.29 is 22.7 Å². The van der Waals surface area contributed by atoms with E-state index in [2.05, 4.69) is 46.3 Å². The minimum Gasteiger partial charge on any atom is -0.406 e. The molecule has 0 saturated heterocycles. The van der Waals surface area contributed by atoms with Crippen LogP contribution in [0.2, 0.25) is 0 Å². The molecule has 2 amide bonds. The van der Waals surface area contributed by atoms with Crippen LogP contribution in [0.1, 0.15) is 19.4 Å². The topological polar surface area (TPSA) is 53.6 Å². The zero-order valence-electron chi connectivity index (χ0n) is 17.5. The lowest BCUT2D eigenvalue weighted by Gasteiger charge is -2.25. The Balaban J connectivity index is 1.50. The van der Waals surface area contributed by atoms with Gasteiger partial charge in [0.25, 0.3) is 0 Å². The molecule has 1 aliphatic rings. The van der Waals surface area contributed by atoms with Crippen LogP contribution in [0.4, 0.5) is 40.7 Å². The highest BCUT2D eigenvalue weighted by Crippen LogP contribution is 2.45. The molecule has 166 valence electrons. The maximum Gasteiger partial charge on any atom is 0.573 e. The van der Waals surface area contributed by atoms with Crippen molar-refractivity contribution in [3.8, 4) is 5.75 Å². The predicted octanol–water partition coefficient (Wildman–Crippen LogP) is 6.66. The van der Waals surface area contributed by atoms with E-state index >= 15 is 0 Å². The average molecular weight is 441 g/mol. The van der Waals surface area contributed by atoms with Gasteiger partial charge in [-0.1, -0.05) is 44.2 Å². The number of para-hydroxylation sites is 3. The van der Waals surface area contributed by atoms with Crippen molar-refractivity contribution in [1.82, 2.24) is 0 Å². The van der Waals surface area contributed by atoms with E-state index in [1.54, 1.807) is 0 Å². The highest BCUT2D eigenvalue weighted by molar-refractivity contribution is 6.02. The summed E-state index contributed by atoms with van der Waals surface area (Å²) < 4.78 is 40.7. The van der Waals surface area contributed by atoms with E-state index in [4.69, 9.17) is 0 Å². The molecule has 0 bridgehead atoms. The number of fused-ring (bicyclic) bond motifs is 1. The largest absolute Gasteiger partial charge is 0.573 e. The van der Waals surface area contributed by atoms with E-state index < -0.39 is 12.4 Å². The molecule has 1 aliphatic heterocycles. The first-order chi connectivity index (χ1) is 15.1. The van der Waals surface area contributed by atoms with E-state index in [1.165, 1.54) is 17.7 Å². The first kappa shape index (κ1) is 21.5. The maximum atomic E-state index is 12.6. The molecule has 3 aromatic rings. The standard InChI is InChI=1S/C24H22F3N3O2/c1-23(2)15-30(20-9-5-3-7-18(20)23)21-10-6-4-8-19(21)29-22(31)28-16-11-13-17(14-12-16)32-24(25,26)27/h3-14H,15H2,1-2H3,(H2,28,29,31). The van der Waals surface area contributed by atoms with Crippen molar-refractivity contribution in [1.29, 1.82) is 0 Å². The fraction of sp³-hybridized carbons (Fsp3) is 0.208. The summed E-state index contributed by atoms with van der Waals surface area (Å²) in [5.41, 5.74) is 4.09. The second-order valence-electron chi connectivity index (χ2n) is 8.16. The number of anilines is 4. The van der Waals surface area contributed by atoms with Crippen LogP contribution in [0.3, 0.4) is 0 Å². The number of urea groups is 1. The molecular weight excluding hydrogens is 419 g/mol. The van der Waals surface area contributed by atoms with Gasteiger partial charge in [-0.25, -0.2) is 4.79 Å². The zero-order valence-corrected chi connectivity index (χ0v) is 17.5. The average Bonchev–Trinajstić information content (AvgIpc) is 3.00. The maximum absolute atomic E-state index is 12.6. The molecule has 32 heavy (non-hydrogen) atoms. The fourth-order valence-electron chi connectivity index (χ4n) is 3.90. The van der Waals surface area contributed by atoms with Crippen LogP contribution in [-0.2, 0) is 5.41 Å². The summed E-state index contributed by atoms with van der Waals surface area (Å²) in [5, 5.41) is 5.47. The molecule has 4 rings (SSSR count). The SMILES string of the molecule is CC1(C)CN(c2ccccc2NC(=O)Nc2ccc(OC(F)(F)F)cc2)c2ccccc21. The van der Waals surface area contributed by atoms with Gasteiger partial charge in [-0.05, 0) is 48.0 Å². The van der Waals surface area contributed by atoms with Crippen LogP contribution in [0.25, 0.3) is 0 Å². The molecule has 0 fully saturated rings. The lowest BCUT2D eigenvalue weighted by atomic mass is 9.87. The van der Waals surface area contributed by atoms with Gasteiger partial charge in [0.2, 0.25) is 0 Å². The van der Waals surface area contributed by atoms with Crippen molar-refractivity contribution in [2.45, 2.75) is 25.6 Å². The number of alkyl halides is 3. The Labute approximate surface area is 183 Å². The second-order valence-corrected chi connectivity index (χ2v) is 8.16. The lowest BCUT2D eigenvalue weighted by molar-refractivity contribution is -0.274. The van der Waals surface area contributed by atoms with Gasteiger partial charge >= 0.3 is 12.4 Å². The smallest absolute Gasteiger partial charge is 0.406 e. The highest BCUT2D eigenvalue weighted by Gasteiger charge is 2.36. The van der Waals surface area contributed by atoms with Crippen LogP contribution >= 0.6 is 0 Å². The molecule has 8 heteroatoms. The number of amides is 2. The minimum absolute atomic E-state index is 0.0494. The third-order valence-corrected chi connectivity index (χ3v) is 5.27. The number of halogens is 3. The van der Waals surface area contributed by atoms with Gasteiger partial charge in [0.05, 0.1) is 11.4 Å². The molecule has 0 unspecified atom stereocenters. The van der Waals surface area contributed by atoms with Crippen molar-refractivity contribution in [3.63, 3.8) is 0 Å². The van der Waals surface area contributed by atoms with Crippen molar-refractivity contribution in [3.05, 3.63) is 78.4 Å². The molecule has 1 heterocycles. The Kier molecular flexibility index (Phi) is 5.46. The monoisotopic (exact) mass is 441 g/mol. The molecule has 0 spiro atoms. The van der Waals surface area contributed by atoms with Crippen LogP contribution in [-0.4, -0.2) is 18.9 Å². The Morgan fingerprint density at radius 1 is 0.906 bits per heavy atom. The Bertz CT molecular complexity index is 1130. The Morgan fingerprint density at radius 3 is 2.22 bits per heavy atom. The molecule has 0 radical (unpaired) electrons. The number of hydrogen-bond acceptors (Lipinski definition) is 3. The number of ether oxygens (including phenoxy) is 1. The summed E-state index contributed by atoms with van der Waals surface area (Å²) in [6.07, 6.45) is -4.77. The first-order valence-electron chi connectivity index (χ1n) is 10.0. The molecule has 0 saturated carbocycles. The number of carbonyl (C=O) groups is 1. The van der Waals surface area contributed by atoms with E-state index in [0.29, 0.717) is 11.4 Å². The van der Waals surface area contributed by atoms with Gasteiger partial charge in [-0.2, -0.15) is 0 Å². The molecule has 0 atom stereocenters. The van der Waals surface area contributed by atoms with Gasteiger partial charge in [0.1, 0.15) is 5.75 Å². The summed E-state index contributed by atoms with van der Waals surface area (Å²) >= 11 is 0. The van der Waals surface area contributed by atoms with Gasteiger partial charge < -0.3 is 20.3 Å². The molecule has 0 aliphatic carbocycles. The van der Waals surface area contributed by atoms with Crippen LogP contribution in [0, 0.1) is 0 Å². The van der Waals surface area contributed by atoms with Gasteiger partial charge in [-0.3, -0.25) is 0 Å².